The molecule has 1 fully saturated rings. The van der Waals surface area contributed by atoms with Crippen LogP contribution in [-0.2, 0) is 16.1 Å². The number of anilines is 2. The molecule has 2 aliphatic rings. The maximum Gasteiger partial charge on any atom is 0.416 e. The lowest BCUT2D eigenvalue weighted by Gasteiger charge is -2.24. The summed E-state index contributed by atoms with van der Waals surface area (Å²) in [5.41, 5.74) is 5.69. The summed E-state index contributed by atoms with van der Waals surface area (Å²) in [6.07, 6.45) is -2.06. The summed E-state index contributed by atoms with van der Waals surface area (Å²) in [4.78, 5) is 28.9. The number of amides is 2. The van der Waals surface area contributed by atoms with Gasteiger partial charge in [0.05, 0.1) is 12.1 Å². The van der Waals surface area contributed by atoms with Crippen LogP contribution < -0.4 is 20.7 Å². The molecule has 0 radical (unpaired) electrons. The molecule has 1 aromatic heterocycles. The summed E-state index contributed by atoms with van der Waals surface area (Å²) in [7, 11) is 0. The number of imidazole rings is 1. The van der Waals surface area contributed by atoms with Gasteiger partial charge in [0, 0.05) is 18.0 Å². The number of primary amides is 1. The number of nitrogens with zero attached hydrogens (tertiary/aromatic N) is 3. The number of hydrogen-bond donors (Lipinski definition) is 2. The van der Waals surface area contributed by atoms with Crippen molar-refractivity contribution in [2.75, 3.05) is 23.4 Å². The van der Waals surface area contributed by atoms with Crippen LogP contribution in [-0.4, -0.2) is 52.8 Å². The van der Waals surface area contributed by atoms with Crippen LogP contribution in [0, 0.1) is 0 Å². The van der Waals surface area contributed by atoms with E-state index in [0.29, 0.717) is 36.0 Å². The number of nitrogens with two attached hydrogens (primary N) is 1. The predicted molar refractivity (Wildman–Crippen MR) is 104 cm³/mol. The molecule has 0 aliphatic carbocycles. The van der Waals surface area contributed by atoms with E-state index in [2.05, 4.69) is 10.3 Å². The molecular weight excluding hydrogens is 400 g/mol. The number of ether oxygens (including phenoxy) is 2. The van der Waals surface area contributed by atoms with Gasteiger partial charge in [-0.3, -0.25) is 4.79 Å². The Balaban J connectivity index is 1.69. The second-order valence-corrected chi connectivity index (χ2v) is 7.64. The minimum absolute atomic E-state index is 0.0997. The van der Waals surface area contributed by atoms with Gasteiger partial charge in [-0.25, -0.2) is 23.5 Å². The first-order valence-corrected chi connectivity index (χ1v) is 9.34. The molecule has 11 heteroatoms. The van der Waals surface area contributed by atoms with Crippen LogP contribution in [0.25, 0.3) is 11.4 Å². The summed E-state index contributed by atoms with van der Waals surface area (Å²) in [6.45, 7) is 3.66. The van der Waals surface area contributed by atoms with Gasteiger partial charge in [0.15, 0.2) is 5.82 Å². The van der Waals surface area contributed by atoms with Gasteiger partial charge in [0.2, 0.25) is 5.91 Å². The lowest BCUT2D eigenvalue weighted by molar-refractivity contribution is -0.121. The number of carbonyl (C=O) groups is 2. The molecule has 2 aliphatic heterocycles. The van der Waals surface area contributed by atoms with Crippen molar-refractivity contribution in [2.24, 2.45) is 5.73 Å². The number of benzene rings is 1. The van der Waals surface area contributed by atoms with E-state index in [0.717, 1.165) is 4.90 Å². The number of fused-ring (bicyclic) bond motifs is 3. The zero-order valence-electron chi connectivity index (χ0n) is 16.4. The van der Waals surface area contributed by atoms with E-state index >= 15 is 0 Å². The molecule has 3 heterocycles. The fraction of sp³-hybridized carbons (Fsp3) is 0.421. The predicted octanol–water partition coefficient (Wildman–Crippen LogP) is 2.21. The molecule has 0 bridgehead atoms. The number of carbonyl (C=O) groups excluding carboxylic acids is 2. The summed E-state index contributed by atoms with van der Waals surface area (Å²) >= 11 is 0. The zero-order chi connectivity index (χ0) is 21.6. The summed E-state index contributed by atoms with van der Waals surface area (Å²) < 4.78 is 39.0. The SMILES string of the molecule is CC(C)(Nc1ccc2c(c1)OCCn1cc(N3C(=O)OCC3C(F)F)nc1-2)C(N)=O. The van der Waals surface area contributed by atoms with Gasteiger partial charge in [-0.1, -0.05) is 0 Å². The molecule has 1 saturated heterocycles. The highest BCUT2D eigenvalue weighted by molar-refractivity contribution is 5.90. The zero-order valence-corrected chi connectivity index (χ0v) is 16.4. The Morgan fingerprint density at radius 2 is 2.13 bits per heavy atom. The van der Waals surface area contributed by atoms with Crippen LogP contribution in [0.15, 0.2) is 24.4 Å². The van der Waals surface area contributed by atoms with Crippen LogP contribution in [0.3, 0.4) is 0 Å². The van der Waals surface area contributed by atoms with Gasteiger partial charge < -0.3 is 25.1 Å². The molecule has 0 saturated carbocycles. The molecule has 9 nitrogen and oxygen atoms in total. The quantitative estimate of drug-likeness (QED) is 0.766. The number of cyclic esters (lactones) is 1. The van der Waals surface area contributed by atoms with Gasteiger partial charge in [0.25, 0.3) is 6.43 Å². The number of alkyl halides is 2. The Bertz CT molecular complexity index is 1010. The average Bonchev–Trinajstić information content (AvgIpc) is 3.21. The van der Waals surface area contributed by atoms with E-state index in [1.54, 1.807) is 36.6 Å². The largest absolute Gasteiger partial charge is 0.491 e. The number of halogens is 2. The van der Waals surface area contributed by atoms with E-state index in [1.807, 2.05) is 0 Å². The van der Waals surface area contributed by atoms with Crippen LogP contribution in [0.4, 0.5) is 25.1 Å². The summed E-state index contributed by atoms with van der Waals surface area (Å²) in [6, 6.07) is 3.82. The highest BCUT2D eigenvalue weighted by Crippen LogP contribution is 2.37. The Hall–Kier alpha value is -3.37. The van der Waals surface area contributed by atoms with Crippen LogP contribution >= 0.6 is 0 Å². The van der Waals surface area contributed by atoms with E-state index in [9.17, 15) is 18.4 Å². The Labute approximate surface area is 170 Å². The molecule has 4 rings (SSSR count). The molecule has 30 heavy (non-hydrogen) atoms. The molecule has 160 valence electrons. The number of hydrogen-bond acceptors (Lipinski definition) is 6. The third-order valence-electron chi connectivity index (χ3n) is 5.09. The minimum atomic E-state index is -2.75. The van der Waals surface area contributed by atoms with E-state index in [1.165, 1.54) is 6.20 Å². The van der Waals surface area contributed by atoms with Crippen molar-refractivity contribution in [3.05, 3.63) is 24.4 Å². The van der Waals surface area contributed by atoms with E-state index in [4.69, 9.17) is 15.2 Å². The minimum Gasteiger partial charge on any atom is -0.491 e. The van der Waals surface area contributed by atoms with Crippen LogP contribution in [0.1, 0.15) is 13.8 Å². The first kappa shape index (κ1) is 19.9. The van der Waals surface area contributed by atoms with E-state index < -0.39 is 30.0 Å². The van der Waals surface area contributed by atoms with Crippen molar-refractivity contribution in [1.29, 1.82) is 0 Å². The molecule has 3 N–H and O–H groups in total. The molecule has 2 aromatic rings. The van der Waals surface area contributed by atoms with Crippen LogP contribution in [0.5, 0.6) is 5.75 Å². The van der Waals surface area contributed by atoms with E-state index in [-0.39, 0.29) is 12.4 Å². The summed E-state index contributed by atoms with van der Waals surface area (Å²) in [5.74, 6) is 0.573. The van der Waals surface area contributed by atoms with Crippen molar-refractivity contribution in [3.63, 3.8) is 0 Å². The van der Waals surface area contributed by atoms with Gasteiger partial charge in [-0.15, -0.1) is 0 Å². The van der Waals surface area contributed by atoms with Gasteiger partial charge >= 0.3 is 6.09 Å². The normalized spacial score (nSPS) is 18.4. The maximum atomic E-state index is 13.3. The molecule has 1 aromatic carbocycles. The maximum absolute atomic E-state index is 13.3. The second kappa shape index (κ2) is 7.15. The molecule has 2 amide bonds. The van der Waals surface area contributed by atoms with Crippen molar-refractivity contribution in [2.45, 2.75) is 38.4 Å². The van der Waals surface area contributed by atoms with Gasteiger partial charge in [0.1, 0.15) is 36.4 Å². The number of nitrogens with one attached hydrogen (secondary N) is 1. The molecular formula is C19H21F2N5O4. The Kier molecular flexibility index (Phi) is 4.75. The van der Waals surface area contributed by atoms with Crippen LogP contribution in [0.2, 0.25) is 0 Å². The lowest BCUT2D eigenvalue weighted by Crippen LogP contribution is -2.45. The molecule has 1 atom stereocenters. The lowest BCUT2D eigenvalue weighted by atomic mass is 10.0. The van der Waals surface area contributed by atoms with Gasteiger partial charge in [-0.2, -0.15) is 0 Å². The Morgan fingerprint density at radius 3 is 2.83 bits per heavy atom. The second-order valence-electron chi connectivity index (χ2n) is 7.64. The number of rotatable bonds is 5. The average molecular weight is 421 g/mol. The number of aromatic nitrogens is 2. The third-order valence-corrected chi connectivity index (χ3v) is 5.09. The van der Waals surface area contributed by atoms with Crippen molar-refractivity contribution in [3.8, 4) is 17.1 Å². The standard InChI is InChI=1S/C19H21F2N5O4/c1-19(2,17(22)27)24-10-3-4-11-13(7-10)29-6-5-25-8-14(23-16(11)25)26-12(15(20)21)9-30-18(26)28/h3-4,7-8,12,15,24H,5-6,9H2,1-2H3,(H2,22,27). The van der Waals surface area contributed by atoms with Crippen molar-refractivity contribution in [1.82, 2.24) is 9.55 Å². The monoisotopic (exact) mass is 421 g/mol. The summed E-state index contributed by atoms with van der Waals surface area (Å²) in [5, 5.41) is 3.05. The molecule has 1 unspecified atom stereocenters. The first-order chi connectivity index (χ1) is 14.2. The van der Waals surface area contributed by atoms with Crippen molar-refractivity contribution >= 4 is 23.5 Å². The smallest absolute Gasteiger partial charge is 0.416 e. The highest BCUT2D eigenvalue weighted by atomic mass is 19.3. The first-order valence-electron chi connectivity index (χ1n) is 9.34. The van der Waals surface area contributed by atoms with Crippen molar-refractivity contribution < 1.29 is 27.8 Å². The Morgan fingerprint density at radius 1 is 1.37 bits per heavy atom. The molecule has 0 spiro atoms. The fourth-order valence-corrected chi connectivity index (χ4v) is 3.37. The topological polar surface area (TPSA) is 112 Å². The fourth-order valence-electron chi connectivity index (χ4n) is 3.37. The third kappa shape index (κ3) is 3.40. The van der Waals surface area contributed by atoms with Gasteiger partial charge in [-0.05, 0) is 26.0 Å². The highest BCUT2D eigenvalue weighted by Gasteiger charge is 2.42.